The summed E-state index contributed by atoms with van der Waals surface area (Å²) in [5.41, 5.74) is 5.74. The van der Waals surface area contributed by atoms with Gasteiger partial charge in [-0.1, -0.05) is 19.8 Å². The molecule has 0 aromatic heterocycles. The second-order valence-corrected chi connectivity index (χ2v) is 5.78. The van der Waals surface area contributed by atoms with Crippen molar-refractivity contribution in [3.05, 3.63) is 0 Å². The molecule has 1 amide bonds. The largest absolute Gasteiger partial charge is 0.352 e. The summed E-state index contributed by atoms with van der Waals surface area (Å²) in [4.78, 5) is 11.6. The van der Waals surface area contributed by atoms with E-state index in [9.17, 15) is 9.00 Å². The normalized spacial score (nSPS) is 16.5. The molecule has 3 unspecified atom stereocenters. The third-order valence-electron chi connectivity index (χ3n) is 2.43. The second kappa shape index (κ2) is 8.70. The number of carbonyl (C=O) groups excluding carboxylic acids is 1. The molecule has 96 valence electrons. The van der Waals surface area contributed by atoms with Gasteiger partial charge in [0.25, 0.3) is 0 Å². The number of rotatable bonds is 8. The molecule has 0 bridgehead atoms. The topological polar surface area (TPSA) is 72.2 Å². The number of unbranched alkanes of at least 4 members (excludes halogenated alkanes) is 1. The maximum atomic E-state index is 11.6. The van der Waals surface area contributed by atoms with Crippen molar-refractivity contribution < 1.29 is 9.00 Å². The number of hydrogen-bond donors (Lipinski definition) is 2. The Morgan fingerprint density at radius 2 is 2.06 bits per heavy atom. The zero-order valence-electron chi connectivity index (χ0n) is 10.5. The summed E-state index contributed by atoms with van der Waals surface area (Å²) >= 11 is 0. The Balaban J connectivity index is 3.80. The van der Waals surface area contributed by atoms with Gasteiger partial charge in [0.1, 0.15) is 0 Å². The summed E-state index contributed by atoms with van der Waals surface area (Å²) in [6.45, 7) is 3.99. The van der Waals surface area contributed by atoms with Crippen LogP contribution in [-0.4, -0.2) is 34.2 Å². The zero-order valence-corrected chi connectivity index (χ0v) is 11.3. The van der Waals surface area contributed by atoms with E-state index in [1.165, 1.54) is 0 Å². The van der Waals surface area contributed by atoms with E-state index in [0.29, 0.717) is 5.75 Å². The van der Waals surface area contributed by atoms with Crippen LogP contribution < -0.4 is 11.1 Å². The second-order valence-electron chi connectivity index (χ2n) is 4.22. The first-order valence-corrected chi connectivity index (χ1v) is 7.56. The van der Waals surface area contributed by atoms with Crippen molar-refractivity contribution in [1.29, 1.82) is 0 Å². The number of amides is 1. The quantitative estimate of drug-likeness (QED) is 0.666. The number of nitrogens with one attached hydrogen (secondary N) is 1. The fourth-order valence-electron chi connectivity index (χ4n) is 1.32. The highest BCUT2D eigenvalue weighted by Crippen LogP contribution is 2.00. The molecular weight excluding hydrogens is 224 g/mol. The first-order chi connectivity index (χ1) is 7.47. The number of hydrogen-bond acceptors (Lipinski definition) is 3. The van der Waals surface area contributed by atoms with Crippen molar-refractivity contribution in [2.75, 3.05) is 12.0 Å². The van der Waals surface area contributed by atoms with Crippen LogP contribution in [0.25, 0.3) is 0 Å². The maximum absolute atomic E-state index is 11.6. The molecule has 0 aromatic rings. The van der Waals surface area contributed by atoms with E-state index in [-0.39, 0.29) is 11.9 Å². The molecule has 0 aromatic carbocycles. The fraction of sp³-hybridized carbons (Fsp3) is 0.909. The maximum Gasteiger partial charge on any atom is 0.237 e. The SMILES string of the molecule is CCCCC(N)C(=O)NC(C)CCS(C)=O. The van der Waals surface area contributed by atoms with E-state index >= 15 is 0 Å². The molecule has 3 atom stereocenters. The molecule has 0 spiro atoms. The lowest BCUT2D eigenvalue weighted by Gasteiger charge is -2.16. The van der Waals surface area contributed by atoms with Crippen LogP contribution in [0.2, 0.25) is 0 Å². The van der Waals surface area contributed by atoms with E-state index in [0.717, 1.165) is 25.7 Å². The third-order valence-corrected chi connectivity index (χ3v) is 3.24. The summed E-state index contributed by atoms with van der Waals surface area (Å²) in [5.74, 6) is 0.522. The van der Waals surface area contributed by atoms with Crippen molar-refractivity contribution in [2.24, 2.45) is 5.73 Å². The molecule has 0 aliphatic rings. The third kappa shape index (κ3) is 7.82. The van der Waals surface area contributed by atoms with Gasteiger partial charge in [-0.15, -0.1) is 0 Å². The van der Waals surface area contributed by atoms with Crippen LogP contribution in [0.3, 0.4) is 0 Å². The Bertz CT molecular complexity index is 234. The molecular formula is C11H24N2O2S. The molecule has 0 aliphatic heterocycles. The van der Waals surface area contributed by atoms with E-state index in [1.54, 1.807) is 6.26 Å². The highest BCUT2D eigenvalue weighted by molar-refractivity contribution is 7.84. The van der Waals surface area contributed by atoms with Crippen molar-refractivity contribution >= 4 is 16.7 Å². The molecule has 0 rings (SSSR count). The Morgan fingerprint density at radius 1 is 1.44 bits per heavy atom. The Morgan fingerprint density at radius 3 is 2.56 bits per heavy atom. The lowest BCUT2D eigenvalue weighted by Crippen LogP contribution is -2.44. The lowest BCUT2D eigenvalue weighted by atomic mass is 10.1. The van der Waals surface area contributed by atoms with Crippen LogP contribution in [0.5, 0.6) is 0 Å². The predicted octanol–water partition coefficient (Wildman–Crippen LogP) is 0.777. The average Bonchev–Trinajstić information content (AvgIpc) is 2.22. The van der Waals surface area contributed by atoms with E-state index in [4.69, 9.17) is 5.73 Å². The van der Waals surface area contributed by atoms with Gasteiger partial charge in [0.15, 0.2) is 0 Å². The van der Waals surface area contributed by atoms with E-state index in [2.05, 4.69) is 12.2 Å². The van der Waals surface area contributed by atoms with Gasteiger partial charge in [-0.2, -0.15) is 0 Å². The Kier molecular flexibility index (Phi) is 8.47. The van der Waals surface area contributed by atoms with Gasteiger partial charge in [-0.25, -0.2) is 0 Å². The zero-order chi connectivity index (χ0) is 12.6. The van der Waals surface area contributed by atoms with Gasteiger partial charge >= 0.3 is 0 Å². The van der Waals surface area contributed by atoms with Gasteiger partial charge in [0.05, 0.1) is 6.04 Å². The van der Waals surface area contributed by atoms with E-state index < -0.39 is 16.8 Å². The van der Waals surface area contributed by atoms with Crippen LogP contribution in [0.1, 0.15) is 39.5 Å². The summed E-state index contributed by atoms with van der Waals surface area (Å²) in [6.07, 6.45) is 5.15. The summed E-state index contributed by atoms with van der Waals surface area (Å²) < 4.78 is 10.9. The first-order valence-electron chi connectivity index (χ1n) is 5.83. The van der Waals surface area contributed by atoms with Crippen molar-refractivity contribution in [3.63, 3.8) is 0 Å². The molecule has 16 heavy (non-hydrogen) atoms. The van der Waals surface area contributed by atoms with Crippen LogP contribution in [0.15, 0.2) is 0 Å². The van der Waals surface area contributed by atoms with Crippen molar-refractivity contribution in [3.8, 4) is 0 Å². The minimum absolute atomic E-state index is 0.0454. The van der Waals surface area contributed by atoms with Gasteiger partial charge in [-0.3, -0.25) is 9.00 Å². The van der Waals surface area contributed by atoms with Crippen LogP contribution in [0.4, 0.5) is 0 Å². The monoisotopic (exact) mass is 248 g/mol. The molecule has 0 radical (unpaired) electrons. The summed E-state index contributed by atoms with van der Waals surface area (Å²) in [7, 11) is -0.799. The lowest BCUT2D eigenvalue weighted by molar-refractivity contribution is -0.123. The fourth-order valence-corrected chi connectivity index (χ4v) is 2.01. The molecule has 5 heteroatoms. The molecule has 4 nitrogen and oxygen atoms in total. The summed E-state index contributed by atoms with van der Waals surface area (Å²) in [6, 6.07) is -0.362. The van der Waals surface area contributed by atoms with Crippen molar-refractivity contribution in [2.45, 2.75) is 51.6 Å². The van der Waals surface area contributed by atoms with Crippen molar-refractivity contribution in [1.82, 2.24) is 5.32 Å². The van der Waals surface area contributed by atoms with Crippen LogP contribution in [0, 0.1) is 0 Å². The van der Waals surface area contributed by atoms with Gasteiger partial charge in [0.2, 0.25) is 5.91 Å². The highest BCUT2D eigenvalue weighted by Gasteiger charge is 2.14. The predicted molar refractivity (Wildman–Crippen MR) is 68.7 cm³/mol. The minimum atomic E-state index is -0.799. The van der Waals surface area contributed by atoms with E-state index in [1.807, 2.05) is 6.92 Å². The molecule has 3 N–H and O–H groups in total. The van der Waals surface area contributed by atoms with Gasteiger partial charge < -0.3 is 11.1 Å². The average molecular weight is 248 g/mol. The number of nitrogens with two attached hydrogens (primary N) is 1. The molecule has 0 saturated carbocycles. The minimum Gasteiger partial charge on any atom is -0.352 e. The molecule has 0 aliphatic carbocycles. The standard InChI is InChI=1S/C11H24N2O2S/c1-4-5-6-10(12)11(14)13-9(2)7-8-16(3)15/h9-10H,4-8,12H2,1-3H3,(H,13,14). The van der Waals surface area contributed by atoms with Gasteiger partial charge in [0, 0.05) is 28.9 Å². The van der Waals surface area contributed by atoms with Crippen LogP contribution in [-0.2, 0) is 15.6 Å². The molecule has 0 saturated heterocycles. The highest BCUT2D eigenvalue weighted by atomic mass is 32.2. The smallest absolute Gasteiger partial charge is 0.237 e. The molecule has 0 heterocycles. The van der Waals surface area contributed by atoms with Gasteiger partial charge in [-0.05, 0) is 19.8 Å². The Labute approximate surface area is 101 Å². The summed E-state index contributed by atoms with van der Waals surface area (Å²) in [5, 5.41) is 2.85. The van der Waals surface area contributed by atoms with Crippen LogP contribution >= 0.6 is 0 Å². The molecule has 0 fully saturated rings. The Hall–Kier alpha value is -0.420. The number of carbonyl (C=O) groups is 1. The first kappa shape index (κ1) is 15.6.